The van der Waals surface area contributed by atoms with Crippen molar-refractivity contribution in [1.29, 1.82) is 0 Å². The van der Waals surface area contributed by atoms with E-state index in [1.54, 1.807) is 13.1 Å². The number of benzene rings is 2. The van der Waals surface area contributed by atoms with Gasteiger partial charge >= 0.3 is 6.03 Å². The number of ether oxygens (including phenoxy) is 1. The second-order valence-electron chi connectivity index (χ2n) is 7.34. The zero-order valence-corrected chi connectivity index (χ0v) is 17.7. The molecular formula is C23H26N6O2. The SMILES string of the molecule is Cc1ccccc1NC(=O)N(C)c1cc(Nc2ccc(N3CCOCC3)cc2)ncn1. The predicted octanol–water partition coefficient (Wildman–Crippen LogP) is 4.03. The van der Waals surface area contributed by atoms with Crippen molar-refractivity contribution in [2.75, 3.05) is 53.8 Å². The van der Waals surface area contributed by atoms with Gasteiger partial charge in [0.05, 0.1) is 13.2 Å². The first-order chi connectivity index (χ1) is 15.1. The summed E-state index contributed by atoms with van der Waals surface area (Å²) in [4.78, 5) is 24.9. The van der Waals surface area contributed by atoms with Crippen LogP contribution in [0.2, 0.25) is 0 Å². The van der Waals surface area contributed by atoms with E-state index >= 15 is 0 Å². The quantitative estimate of drug-likeness (QED) is 0.651. The number of rotatable bonds is 5. The number of hydrogen-bond donors (Lipinski definition) is 2. The number of nitrogens with zero attached hydrogens (tertiary/aromatic N) is 4. The highest BCUT2D eigenvalue weighted by atomic mass is 16.5. The first-order valence-electron chi connectivity index (χ1n) is 10.2. The second kappa shape index (κ2) is 9.44. The first kappa shape index (κ1) is 20.6. The molecule has 1 aromatic heterocycles. The fourth-order valence-electron chi connectivity index (χ4n) is 3.34. The molecule has 0 radical (unpaired) electrons. The van der Waals surface area contributed by atoms with E-state index in [1.165, 1.54) is 16.9 Å². The highest BCUT2D eigenvalue weighted by molar-refractivity contribution is 6.01. The molecule has 0 saturated carbocycles. The summed E-state index contributed by atoms with van der Waals surface area (Å²) in [6.07, 6.45) is 1.44. The lowest BCUT2D eigenvalue weighted by molar-refractivity contribution is 0.122. The van der Waals surface area contributed by atoms with Gasteiger partial charge in [-0.15, -0.1) is 0 Å². The van der Waals surface area contributed by atoms with E-state index in [9.17, 15) is 4.79 Å². The molecule has 2 N–H and O–H groups in total. The van der Waals surface area contributed by atoms with Crippen molar-refractivity contribution < 1.29 is 9.53 Å². The summed E-state index contributed by atoms with van der Waals surface area (Å²) >= 11 is 0. The van der Waals surface area contributed by atoms with Crippen molar-refractivity contribution in [3.05, 3.63) is 66.5 Å². The number of amides is 2. The van der Waals surface area contributed by atoms with Crippen molar-refractivity contribution in [2.24, 2.45) is 0 Å². The number of nitrogens with one attached hydrogen (secondary N) is 2. The number of para-hydroxylation sites is 1. The number of aryl methyl sites for hydroxylation is 1. The predicted molar refractivity (Wildman–Crippen MR) is 123 cm³/mol. The van der Waals surface area contributed by atoms with Crippen LogP contribution in [0.1, 0.15) is 5.56 Å². The Balaban J connectivity index is 1.41. The van der Waals surface area contributed by atoms with Crippen molar-refractivity contribution in [3.8, 4) is 0 Å². The van der Waals surface area contributed by atoms with Crippen molar-refractivity contribution in [2.45, 2.75) is 6.92 Å². The lowest BCUT2D eigenvalue weighted by atomic mass is 10.2. The maximum absolute atomic E-state index is 12.6. The first-order valence-corrected chi connectivity index (χ1v) is 10.2. The van der Waals surface area contributed by atoms with Crippen molar-refractivity contribution >= 4 is 34.7 Å². The van der Waals surface area contributed by atoms with E-state index in [-0.39, 0.29) is 6.03 Å². The Morgan fingerprint density at radius 2 is 1.81 bits per heavy atom. The molecule has 160 valence electrons. The van der Waals surface area contributed by atoms with Gasteiger partial charge in [-0.05, 0) is 42.8 Å². The highest BCUT2D eigenvalue weighted by Gasteiger charge is 2.14. The van der Waals surface area contributed by atoms with E-state index in [0.29, 0.717) is 11.6 Å². The Kier molecular flexibility index (Phi) is 6.28. The van der Waals surface area contributed by atoms with E-state index in [4.69, 9.17) is 4.74 Å². The third kappa shape index (κ3) is 5.10. The molecule has 2 heterocycles. The largest absolute Gasteiger partial charge is 0.378 e. The number of morpholine rings is 1. The molecule has 0 aliphatic carbocycles. The normalized spacial score (nSPS) is 13.5. The Morgan fingerprint density at radius 3 is 2.55 bits per heavy atom. The van der Waals surface area contributed by atoms with Gasteiger partial charge in [0.2, 0.25) is 0 Å². The molecule has 0 atom stereocenters. The van der Waals surface area contributed by atoms with Gasteiger partial charge in [-0.25, -0.2) is 14.8 Å². The van der Waals surface area contributed by atoms with E-state index < -0.39 is 0 Å². The minimum atomic E-state index is -0.270. The minimum absolute atomic E-state index is 0.270. The van der Waals surface area contributed by atoms with Crippen LogP contribution in [0.3, 0.4) is 0 Å². The fourth-order valence-corrected chi connectivity index (χ4v) is 3.34. The summed E-state index contributed by atoms with van der Waals surface area (Å²) in [5, 5.41) is 6.18. The summed E-state index contributed by atoms with van der Waals surface area (Å²) in [5.41, 5.74) is 3.85. The summed E-state index contributed by atoms with van der Waals surface area (Å²) in [5.74, 6) is 1.10. The molecule has 2 aromatic carbocycles. The van der Waals surface area contributed by atoms with Crippen LogP contribution in [0.4, 0.5) is 33.5 Å². The Hall–Kier alpha value is -3.65. The van der Waals surface area contributed by atoms with Crippen LogP contribution in [-0.2, 0) is 4.74 Å². The summed E-state index contributed by atoms with van der Waals surface area (Å²) in [6.45, 7) is 5.27. The summed E-state index contributed by atoms with van der Waals surface area (Å²) in [6, 6.07) is 17.3. The van der Waals surface area contributed by atoms with Crippen LogP contribution in [0, 0.1) is 6.92 Å². The Morgan fingerprint density at radius 1 is 1.06 bits per heavy atom. The minimum Gasteiger partial charge on any atom is -0.378 e. The van der Waals surface area contributed by atoms with Crippen molar-refractivity contribution in [1.82, 2.24) is 9.97 Å². The molecule has 4 rings (SSSR count). The third-order valence-electron chi connectivity index (χ3n) is 5.20. The van der Waals surface area contributed by atoms with Gasteiger partial charge in [-0.2, -0.15) is 0 Å². The van der Waals surface area contributed by atoms with Gasteiger partial charge < -0.3 is 20.3 Å². The van der Waals surface area contributed by atoms with E-state index in [0.717, 1.165) is 43.2 Å². The third-order valence-corrected chi connectivity index (χ3v) is 5.20. The molecule has 0 spiro atoms. The molecule has 1 fully saturated rings. The molecule has 2 amide bonds. The van der Waals surface area contributed by atoms with Crippen LogP contribution in [0.15, 0.2) is 60.9 Å². The van der Waals surface area contributed by atoms with Gasteiger partial charge in [0.25, 0.3) is 0 Å². The number of carbonyl (C=O) groups is 1. The molecule has 0 unspecified atom stereocenters. The molecular weight excluding hydrogens is 392 g/mol. The average Bonchev–Trinajstić information content (AvgIpc) is 2.81. The van der Waals surface area contributed by atoms with Gasteiger partial charge in [0.1, 0.15) is 18.0 Å². The molecule has 8 nitrogen and oxygen atoms in total. The monoisotopic (exact) mass is 418 g/mol. The zero-order valence-electron chi connectivity index (χ0n) is 17.7. The number of urea groups is 1. The van der Waals surface area contributed by atoms with Crippen molar-refractivity contribution in [3.63, 3.8) is 0 Å². The fraction of sp³-hybridized carbons (Fsp3) is 0.261. The van der Waals surface area contributed by atoms with E-state index in [1.807, 2.05) is 43.3 Å². The standard InChI is InChI=1S/C23H26N6O2/c1-17-5-3-4-6-20(17)27-23(30)28(2)22-15-21(24-16-25-22)26-18-7-9-19(10-8-18)29-11-13-31-14-12-29/h3-10,15-16H,11-14H2,1-2H3,(H,27,30)(H,24,25,26). The Labute approximate surface area is 181 Å². The lowest BCUT2D eigenvalue weighted by Gasteiger charge is -2.28. The molecule has 1 aliphatic heterocycles. The molecule has 0 bridgehead atoms. The number of anilines is 5. The van der Waals surface area contributed by atoms with E-state index in [2.05, 4.69) is 37.6 Å². The molecule has 8 heteroatoms. The van der Waals surface area contributed by atoms with Gasteiger partial charge in [0, 0.05) is 43.3 Å². The zero-order chi connectivity index (χ0) is 21.6. The smallest absolute Gasteiger partial charge is 0.327 e. The van der Waals surface area contributed by atoms with Crippen LogP contribution < -0.4 is 20.4 Å². The van der Waals surface area contributed by atoms with Gasteiger partial charge in [-0.3, -0.25) is 4.90 Å². The average molecular weight is 419 g/mol. The number of hydrogen-bond acceptors (Lipinski definition) is 6. The number of carbonyl (C=O) groups excluding carboxylic acids is 1. The van der Waals surface area contributed by atoms with Crippen LogP contribution >= 0.6 is 0 Å². The topological polar surface area (TPSA) is 82.6 Å². The highest BCUT2D eigenvalue weighted by Crippen LogP contribution is 2.23. The molecule has 31 heavy (non-hydrogen) atoms. The maximum atomic E-state index is 12.6. The molecule has 1 saturated heterocycles. The molecule has 3 aromatic rings. The van der Waals surface area contributed by atoms with Gasteiger partial charge in [-0.1, -0.05) is 18.2 Å². The second-order valence-corrected chi connectivity index (χ2v) is 7.34. The number of aromatic nitrogens is 2. The van der Waals surface area contributed by atoms with Crippen LogP contribution in [0.5, 0.6) is 0 Å². The molecule has 1 aliphatic rings. The summed E-state index contributed by atoms with van der Waals surface area (Å²) in [7, 11) is 1.68. The van der Waals surface area contributed by atoms with Crippen LogP contribution in [0.25, 0.3) is 0 Å². The lowest BCUT2D eigenvalue weighted by Crippen LogP contribution is -2.36. The summed E-state index contributed by atoms with van der Waals surface area (Å²) < 4.78 is 5.41. The Bertz CT molecular complexity index is 1030. The van der Waals surface area contributed by atoms with Crippen LogP contribution in [-0.4, -0.2) is 49.4 Å². The van der Waals surface area contributed by atoms with Gasteiger partial charge in [0.15, 0.2) is 0 Å². The maximum Gasteiger partial charge on any atom is 0.327 e.